The number of rotatable bonds is 4. The summed E-state index contributed by atoms with van der Waals surface area (Å²) in [6.07, 6.45) is 0. The van der Waals surface area contributed by atoms with E-state index in [9.17, 15) is 14.5 Å². The van der Waals surface area contributed by atoms with E-state index in [1.807, 2.05) is 0 Å². The predicted molar refractivity (Wildman–Crippen MR) is 79.9 cm³/mol. The lowest BCUT2D eigenvalue weighted by Gasteiger charge is -2.08. The van der Waals surface area contributed by atoms with Crippen molar-refractivity contribution in [3.05, 3.63) is 62.4 Å². The quantitative estimate of drug-likeness (QED) is 0.400. The van der Waals surface area contributed by atoms with Gasteiger partial charge in [-0.15, -0.1) is 0 Å². The van der Waals surface area contributed by atoms with E-state index >= 15 is 0 Å². The van der Waals surface area contributed by atoms with Crippen LogP contribution in [0.25, 0.3) is 0 Å². The van der Waals surface area contributed by atoms with Crippen LogP contribution in [0, 0.1) is 15.9 Å². The van der Waals surface area contributed by atoms with Crippen LogP contribution in [0.4, 0.5) is 10.1 Å². The van der Waals surface area contributed by atoms with E-state index in [2.05, 4.69) is 31.9 Å². The number of hydrogen-bond donors (Lipinski definition) is 0. The second-order valence-electron chi connectivity index (χ2n) is 3.87. The molecule has 104 valence electrons. The topological polar surface area (TPSA) is 52.4 Å². The van der Waals surface area contributed by atoms with Gasteiger partial charge in [-0.05, 0) is 29.8 Å². The maximum atomic E-state index is 13.8. The Balaban J connectivity index is 2.37. The summed E-state index contributed by atoms with van der Waals surface area (Å²) in [5.41, 5.74) is 0.517. The minimum absolute atomic E-state index is 0.0105. The normalized spacial score (nSPS) is 10.3. The van der Waals surface area contributed by atoms with E-state index in [-0.39, 0.29) is 17.2 Å². The average Bonchev–Trinajstić information content (AvgIpc) is 2.42. The molecule has 0 unspecified atom stereocenters. The molecule has 0 radical (unpaired) electrons. The Bertz CT molecular complexity index is 664. The first-order valence-corrected chi connectivity index (χ1v) is 7.39. The number of alkyl halides is 1. The SMILES string of the molecule is O=[N+]([O-])c1cc(Br)ccc1Oc1ccc(CBr)cc1F. The summed E-state index contributed by atoms with van der Waals surface area (Å²) in [4.78, 5) is 10.4. The average molecular weight is 405 g/mol. The first-order chi connectivity index (χ1) is 9.51. The minimum atomic E-state index is -0.579. The van der Waals surface area contributed by atoms with Crippen LogP contribution in [0.2, 0.25) is 0 Å². The Morgan fingerprint density at radius 2 is 1.90 bits per heavy atom. The summed E-state index contributed by atoms with van der Waals surface area (Å²) in [5.74, 6) is -0.636. The Kier molecular flexibility index (Phi) is 4.72. The van der Waals surface area contributed by atoms with E-state index in [0.717, 1.165) is 5.56 Å². The van der Waals surface area contributed by atoms with Gasteiger partial charge in [0.25, 0.3) is 0 Å². The van der Waals surface area contributed by atoms with Gasteiger partial charge < -0.3 is 4.74 Å². The molecule has 0 N–H and O–H groups in total. The molecule has 0 heterocycles. The fraction of sp³-hybridized carbons (Fsp3) is 0.0769. The lowest BCUT2D eigenvalue weighted by molar-refractivity contribution is -0.385. The Morgan fingerprint density at radius 1 is 1.20 bits per heavy atom. The zero-order chi connectivity index (χ0) is 14.7. The fourth-order valence-corrected chi connectivity index (χ4v) is 2.25. The smallest absolute Gasteiger partial charge is 0.312 e. The van der Waals surface area contributed by atoms with Gasteiger partial charge in [-0.3, -0.25) is 10.1 Å². The van der Waals surface area contributed by atoms with Gasteiger partial charge >= 0.3 is 5.69 Å². The highest BCUT2D eigenvalue weighted by Gasteiger charge is 2.17. The molecule has 0 aliphatic heterocycles. The van der Waals surface area contributed by atoms with Crippen molar-refractivity contribution in [1.29, 1.82) is 0 Å². The molecule has 0 aromatic heterocycles. The molecule has 0 bridgehead atoms. The highest BCUT2D eigenvalue weighted by Crippen LogP contribution is 2.34. The van der Waals surface area contributed by atoms with Crippen molar-refractivity contribution in [3.63, 3.8) is 0 Å². The first kappa shape index (κ1) is 14.9. The van der Waals surface area contributed by atoms with Crippen molar-refractivity contribution in [2.24, 2.45) is 0 Å². The number of nitrogens with zero attached hydrogens (tertiary/aromatic N) is 1. The Morgan fingerprint density at radius 3 is 2.50 bits per heavy atom. The zero-order valence-corrected chi connectivity index (χ0v) is 13.1. The van der Waals surface area contributed by atoms with E-state index in [0.29, 0.717) is 9.80 Å². The number of hydrogen-bond acceptors (Lipinski definition) is 3. The lowest BCUT2D eigenvalue weighted by Crippen LogP contribution is -1.95. The van der Waals surface area contributed by atoms with Crippen molar-refractivity contribution in [1.82, 2.24) is 0 Å². The van der Waals surface area contributed by atoms with Gasteiger partial charge in [0.2, 0.25) is 5.75 Å². The first-order valence-electron chi connectivity index (χ1n) is 5.47. The molecule has 20 heavy (non-hydrogen) atoms. The molecule has 7 heteroatoms. The third-order valence-corrected chi connectivity index (χ3v) is 3.63. The Hall–Kier alpha value is -1.47. The number of ether oxygens (including phenoxy) is 1. The predicted octanol–water partition coefficient (Wildman–Crippen LogP) is 5.18. The van der Waals surface area contributed by atoms with Crippen molar-refractivity contribution in [2.45, 2.75) is 5.33 Å². The maximum Gasteiger partial charge on any atom is 0.312 e. The van der Waals surface area contributed by atoms with E-state index in [1.165, 1.54) is 24.3 Å². The summed E-state index contributed by atoms with van der Waals surface area (Å²) in [5, 5.41) is 11.5. The summed E-state index contributed by atoms with van der Waals surface area (Å²) < 4.78 is 19.7. The molecule has 0 spiro atoms. The molecule has 2 rings (SSSR count). The van der Waals surface area contributed by atoms with E-state index < -0.39 is 10.7 Å². The van der Waals surface area contributed by atoms with Gasteiger partial charge in [0.15, 0.2) is 11.6 Å². The van der Waals surface area contributed by atoms with Crippen LogP contribution in [-0.4, -0.2) is 4.92 Å². The van der Waals surface area contributed by atoms with Crippen molar-refractivity contribution >= 4 is 37.5 Å². The van der Waals surface area contributed by atoms with Crippen molar-refractivity contribution in [3.8, 4) is 11.5 Å². The lowest BCUT2D eigenvalue weighted by atomic mass is 10.2. The second kappa shape index (κ2) is 6.32. The summed E-state index contributed by atoms with van der Waals surface area (Å²) in [6.45, 7) is 0. The highest BCUT2D eigenvalue weighted by molar-refractivity contribution is 9.10. The van der Waals surface area contributed by atoms with Gasteiger partial charge in [-0.25, -0.2) is 4.39 Å². The summed E-state index contributed by atoms with van der Waals surface area (Å²) in [7, 11) is 0. The zero-order valence-electron chi connectivity index (χ0n) is 9.98. The van der Waals surface area contributed by atoms with Gasteiger partial charge in [-0.2, -0.15) is 0 Å². The fourth-order valence-electron chi connectivity index (χ4n) is 1.55. The van der Waals surface area contributed by atoms with Crippen LogP contribution in [0.3, 0.4) is 0 Å². The van der Waals surface area contributed by atoms with Crippen LogP contribution in [0.5, 0.6) is 11.5 Å². The van der Waals surface area contributed by atoms with E-state index in [4.69, 9.17) is 4.74 Å². The van der Waals surface area contributed by atoms with Crippen LogP contribution in [-0.2, 0) is 5.33 Å². The Labute approximate surface area is 131 Å². The molecule has 4 nitrogen and oxygen atoms in total. The molecule has 0 fully saturated rings. The molecule has 0 aliphatic rings. The van der Waals surface area contributed by atoms with Crippen molar-refractivity contribution in [2.75, 3.05) is 0 Å². The summed E-state index contributed by atoms with van der Waals surface area (Å²) >= 11 is 6.36. The van der Waals surface area contributed by atoms with Crippen LogP contribution < -0.4 is 4.74 Å². The molecule has 0 aliphatic carbocycles. The van der Waals surface area contributed by atoms with E-state index in [1.54, 1.807) is 12.1 Å². The molecular formula is C13H8Br2FNO3. The van der Waals surface area contributed by atoms with Gasteiger partial charge in [0, 0.05) is 15.9 Å². The third-order valence-electron chi connectivity index (χ3n) is 2.49. The second-order valence-corrected chi connectivity index (χ2v) is 5.35. The molecule has 0 atom stereocenters. The number of nitro groups is 1. The number of benzene rings is 2. The third kappa shape index (κ3) is 3.34. The maximum absolute atomic E-state index is 13.8. The molecule has 2 aromatic carbocycles. The molecule has 0 saturated heterocycles. The van der Waals surface area contributed by atoms with Crippen LogP contribution in [0.15, 0.2) is 40.9 Å². The van der Waals surface area contributed by atoms with Crippen LogP contribution in [0.1, 0.15) is 5.56 Å². The number of halogens is 3. The molecular weight excluding hydrogens is 397 g/mol. The largest absolute Gasteiger partial charge is 0.447 e. The van der Waals surface area contributed by atoms with Crippen LogP contribution >= 0.6 is 31.9 Å². The van der Waals surface area contributed by atoms with Gasteiger partial charge in [0.1, 0.15) is 0 Å². The summed E-state index contributed by atoms with van der Waals surface area (Å²) in [6, 6.07) is 8.75. The van der Waals surface area contributed by atoms with Gasteiger partial charge in [-0.1, -0.05) is 37.9 Å². The highest BCUT2D eigenvalue weighted by atomic mass is 79.9. The standard InChI is InChI=1S/C13H8Br2FNO3/c14-7-8-1-3-12(10(16)5-8)20-13-4-2-9(15)6-11(13)17(18)19/h1-6H,7H2. The molecule has 0 amide bonds. The molecule has 2 aromatic rings. The van der Waals surface area contributed by atoms with Gasteiger partial charge in [0.05, 0.1) is 4.92 Å². The van der Waals surface area contributed by atoms with Crippen molar-refractivity contribution < 1.29 is 14.1 Å². The minimum Gasteiger partial charge on any atom is -0.447 e. The number of nitro benzene ring substituents is 1. The molecule has 0 saturated carbocycles. The monoisotopic (exact) mass is 403 g/mol.